The van der Waals surface area contributed by atoms with Crippen molar-refractivity contribution >= 4 is 11.0 Å². The Kier molecular flexibility index (Phi) is 4.35. The van der Waals surface area contributed by atoms with Crippen LogP contribution < -0.4 is 10.4 Å². The maximum Gasteiger partial charge on any atom is 0.336 e. The molecule has 2 N–H and O–H groups in total. The Bertz CT molecular complexity index is 782. The largest absolute Gasteiger partial charge is 0.462 e. The van der Waals surface area contributed by atoms with E-state index in [1.165, 1.54) is 19.2 Å². The van der Waals surface area contributed by atoms with Gasteiger partial charge in [0.2, 0.25) is 6.29 Å². The van der Waals surface area contributed by atoms with Gasteiger partial charge in [0.1, 0.15) is 29.6 Å². The zero-order valence-corrected chi connectivity index (χ0v) is 13.6. The van der Waals surface area contributed by atoms with Crippen LogP contribution in [0.2, 0.25) is 0 Å². The smallest absolute Gasteiger partial charge is 0.336 e. The van der Waals surface area contributed by atoms with Gasteiger partial charge in [0, 0.05) is 24.6 Å². The fourth-order valence-corrected chi connectivity index (χ4v) is 2.95. The van der Waals surface area contributed by atoms with E-state index >= 15 is 0 Å². The van der Waals surface area contributed by atoms with Gasteiger partial charge in [0.05, 0.1) is 5.60 Å². The summed E-state index contributed by atoms with van der Waals surface area (Å²) in [5.41, 5.74) is -0.963. The summed E-state index contributed by atoms with van der Waals surface area (Å²) in [6, 6.07) is 7.91. The van der Waals surface area contributed by atoms with Crippen molar-refractivity contribution in [3.8, 4) is 5.75 Å². The third-order valence-corrected chi connectivity index (χ3v) is 4.14. The van der Waals surface area contributed by atoms with Crippen LogP contribution in [0, 0.1) is 0 Å². The predicted molar refractivity (Wildman–Crippen MR) is 84.9 cm³/mol. The number of benzene rings is 1. The maximum atomic E-state index is 11.3. The number of ether oxygens (including phenoxy) is 3. The maximum absolute atomic E-state index is 11.3. The summed E-state index contributed by atoms with van der Waals surface area (Å²) in [5.74, 6) is 0.347. The molecule has 4 atom stereocenters. The van der Waals surface area contributed by atoms with Crippen LogP contribution in [0.3, 0.4) is 0 Å². The molecular formula is C17H20O7. The molecule has 1 aliphatic rings. The lowest BCUT2D eigenvalue weighted by atomic mass is 9.89. The molecule has 0 bridgehead atoms. The molecule has 2 heterocycles. The summed E-state index contributed by atoms with van der Waals surface area (Å²) in [6.07, 6.45) is -4.24. The third-order valence-electron chi connectivity index (χ3n) is 4.14. The zero-order valence-electron chi connectivity index (χ0n) is 13.6. The van der Waals surface area contributed by atoms with Crippen molar-refractivity contribution < 1.29 is 28.8 Å². The fourth-order valence-electron chi connectivity index (χ4n) is 2.95. The van der Waals surface area contributed by atoms with Gasteiger partial charge in [-0.25, -0.2) is 4.79 Å². The lowest BCUT2D eigenvalue weighted by Gasteiger charge is -2.46. The van der Waals surface area contributed by atoms with Gasteiger partial charge in [-0.05, 0) is 32.0 Å². The van der Waals surface area contributed by atoms with Crippen molar-refractivity contribution in [2.45, 2.75) is 44.1 Å². The van der Waals surface area contributed by atoms with Crippen LogP contribution in [0.1, 0.15) is 13.8 Å². The van der Waals surface area contributed by atoms with Crippen molar-refractivity contribution in [2.75, 3.05) is 7.11 Å². The van der Waals surface area contributed by atoms with Gasteiger partial charge < -0.3 is 28.8 Å². The molecule has 7 heteroatoms. The van der Waals surface area contributed by atoms with E-state index in [4.69, 9.17) is 18.6 Å². The molecule has 0 spiro atoms. The van der Waals surface area contributed by atoms with Gasteiger partial charge >= 0.3 is 5.63 Å². The number of fused-ring (bicyclic) bond motifs is 1. The van der Waals surface area contributed by atoms with E-state index in [-0.39, 0.29) is 0 Å². The lowest BCUT2D eigenvalue weighted by molar-refractivity contribution is -0.305. The molecule has 1 unspecified atom stereocenters. The molecule has 130 valence electrons. The van der Waals surface area contributed by atoms with Crippen LogP contribution in [-0.4, -0.2) is 47.5 Å². The van der Waals surface area contributed by atoms with Gasteiger partial charge in [-0.3, -0.25) is 0 Å². The number of aliphatic hydroxyl groups excluding tert-OH is 2. The van der Waals surface area contributed by atoms with E-state index in [1.807, 2.05) is 0 Å². The van der Waals surface area contributed by atoms with Crippen LogP contribution in [0.5, 0.6) is 5.75 Å². The van der Waals surface area contributed by atoms with Gasteiger partial charge in [-0.1, -0.05) is 0 Å². The highest BCUT2D eigenvalue weighted by Crippen LogP contribution is 2.33. The molecule has 1 aromatic heterocycles. The van der Waals surface area contributed by atoms with Crippen molar-refractivity contribution in [2.24, 2.45) is 0 Å². The quantitative estimate of drug-likeness (QED) is 0.808. The molecule has 0 saturated carbocycles. The first-order valence-electron chi connectivity index (χ1n) is 7.59. The summed E-state index contributed by atoms with van der Waals surface area (Å²) in [7, 11) is 1.44. The first-order valence-corrected chi connectivity index (χ1v) is 7.59. The van der Waals surface area contributed by atoms with Crippen LogP contribution in [-0.2, 0) is 9.47 Å². The molecule has 24 heavy (non-hydrogen) atoms. The molecule has 0 amide bonds. The molecule has 1 fully saturated rings. The van der Waals surface area contributed by atoms with E-state index in [9.17, 15) is 15.0 Å². The number of hydrogen-bond acceptors (Lipinski definition) is 7. The normalized spacial score (nSPS) is 29.5. The summed E-state index contributed by atoms with van der Waals surface area (Å²) >= 11 is 0. The van der Waals surface area contributed by atoms with Crippen molar-refractivity contribution in [1.82, 2.24) is 0 Å². The topological polar surface area (TPSA) is 98.4 Å². The monoisotopic (exact) mass is 336 g/mol. The van der Waals surface area contributed by atoms with Crippen LogP contribution >= 0.6 is 0 Å². The Morgan fingerprint density at radius 2 is 1.83 bits per heavy atom. The minimum absolute atomic E-state index is 0.347. The number of aliphatic hydroxyl groups is 2. The first kappa shape index (κ1) is 16.9. The van der Waals surface area contributed by atoms with E-state index < -0.39 is 35.8 Å². The highest BCUT2D eigenvalue weighted by molar-refractivity contribution is 5.77. The second-order valence-corrected chi connectivity index (χ2v) is 6.30. The van der Waals surface area contributed by atoms with E-state index in [1.54, 1.807) is 32.0 Å². The predicted octanol–water partition coefficient (Wildman–Crippen LogP) is 1.04. The average Bonchev–Trinajstić information content (AvgIpc) is 2.52. The van der Waals surface area contributed by atoms with E-state index in [2.05, 4.69) is 0 Å². The van der Waals surface area contributed by atoms with Gasteiger partial charge in [0.25, 0.3) is 0 Å². The molecule has 1 aromatic carbocycles. The standard InChI is InChI=1S/C17H20O7/c1-17(2)15(21-3)13(19)14(20)16(24-17)22-10-6-4-9-5-7-12(18)23-11(9)8-10/h4-8,13-16,19-20H,1-3H3/t13-,14?,15+,16+/m0/s1. The molecule has 2 aromatic rings. The summed E-state index contributed by atoms with van der Waals surface area (Å²) < 4.78 is 21.7. The molecule has 7 nitrogen and oxygen atoms in total. The van der Waals surface area contributed by atoms with E-state index in [0.29, 0.717) is 11.3 Å². The molecule has 1 saturated heterocycles. The highest BCUT2D eigenvalue weighted by atomic mass is 16.7. The minimum atomic E-state index is -1.29. The van der Waals surface area contributed by atoms with Crippen molar-refractivity contribution in [3.63, 3.8) is 0 Å². The molecular weight excluding hydrogens is 316 g/mol. The summed E-state index contributed by atoms with van der Waals surface area (Å²) in [5, 5.41) is 21.2. The Morgan fingerprint density at radius 1 is 1.12 bits per heavy atom. The fraction of sp³-hybridized carbons (Fsp3) is 0.471. The Morgan fingerprint density at radius 3 is 2.54 bits per heavy atom. The number of rotatable bonds is 3. The summed E-state index contributed by atoms with van der Waals surface area (Å²) in [6.45, 7) is 3.48. The zero-order chi connectivity index (χ0) is 17.5. The van der Waals surface area contributed by atoms with Gasteiger partial charge in [-0.15, -0.1) is 0 Å². The van der Waals surface area contributed by atoms with E-state index in [0.717, 1.165) is 5.39 Å². The number of hydrogen-bond donors (Lipinski definition) is 2. The first-order chi connectivity index (χ1) is 11.3. The van der Waals surface area contributed by atoms with Crippen molar-refractivity contribution in [1.29, 1.82) is 0 Å². The summed E-state index contributed by atoms with van der Waals surface area (Å²) in [4.78, 5) is 11.3. The SMILES string of the molecule is CO[C@@H]1[C@@H](O)C(O)[C@H](Oc2ccc3ccc(=O)oc3c2)OC1(C)C. The Balaban J connectivity index is 1.86. The van der Waals surface area contributed by atoms with Crippen LogP contribution in [0.4, 0.5) is 0 Å². The lowest BCUT2D eigenvalue weighted by Crippen LogP contribution is -2.63. The molecule has 0 radical (unpaired) electrons. The van der Waals surface area contributed by atoms with Crippen molar-refractivity contribution in [3.05, 3.63) is 40.8 Å². The van der Waals surface area contributed by atoms with Gasteiger partial charge in [0.15, 0.2) is 0 Å². The van der Waals surface area contributed by atoms with Gasteiger partial charge in [-0.2, -0.15) is 0 Å². The molecule has 1 aliphatic heterocycles. The molecule has 0 aliphatic carbocycles. The molecule has 3 rings (SSSR count). The second-order valence-electron chi connectivity index (χ2n) is 6.30. The second kappa shape index (κ2) is 6.18. The third kappa shape index (κ3) is 3.03. The minimum Gasteiger partial charge on any atom is -0.462 e. The average molecular weight is 336 g/mol. The van der Waals surface area contributed by atoms with Crippen LogP contribution in [0.15, 0.2) is 39.5 Å². The Hall–Kier alpha value is -1.93. The van der Waals surface area contributed by atoms with Crippen LogP contribution in [0.25, 0.3) is 11.0 Å². The Labute approximate surface area is 138 Å². The highest BCUT2D eigenvalue weighted by Gasteiger charge is 2.50. The number of methoxy groups -OCH3 is 1.